The molecule has 0 unspecified atom stereocenters. The molecule has 3 rings (SSSR count). The normalized spacial score (nSPS) is 10.7. The van der Waals surface area contributed by atoms with Gasteiger partial charge in [-0.15, -0.1) is 0 Å². The van der Waals surface area contributed by atoms with Gasteiger partial charge < -0.3 is 9.73 Å². The van der Waals surface area contributed by atoms with Gasteiger partial charge in [-0.1, -0.05) is 15.9 Å². The van der Waals surface area contributed by atoms with E-state index in [-0.39, 0.29) is 5.91 Å². The van der Waals surface area contributed by atoms with Crippen LogP contribution in [0.5, 0.6) is 0 Å². The van der Waals surface area contributed by atoms with E-state index >= 15 is 0 Å². The monoisotopic (exact) mass is 330 g/mol. The average molecular weight is 331 g/mol. The highest BCUT2D eigenvalue weighted by Crippen LogP contribution is 2.23. The van der Waals surface area contributed by atoms with E-state index in [2.05, 4.69) is 26.2 Å². The van der Waals surface area contributed by atoms with Crippen molar-refractivity contribution in [3.63, 3.8) is 0 Å². The highest BCUT2D eigenvalue weighted by Gasteiger charge is 2.12. The van der Waals surface area contributed by atoms with Gasteiger partial charge in [-0.3, -0.25) is 9.78 Å². The molecule has 5 heteroatoms. The van der Waals surface area contributed by atoms with Gasteiger partial charge >= 0.3 is 0 Å². The Morgan fingerprint density at radius 1 is 1.20 bits per heavy atom. The Kier molecular flexibility index (Phi) is 3.52. The first-order valence-corrected chi connectivity index (χ1v) is 6.88. The summed E-state index contributed by atoms with van der Waals surface area (Å²) in [5.74, 6) is 0.0845. The van der Waals surface area contributed by atoms with Crippen molar-refractivity contribution < 1.29 is 9.21 Å². The molecule has 0 aliphatic carbocycles. The Morgan fingerprint density at radius 2 is 2.00 bits per heavy atom. The van der Waals surface area contributed by atoms with Crippen molar-refractivity contribution in [3.05, 3.63) is 64.6 Å². The zero-order chi connectivity index (χ0) is 13.9. The molecule has 0 aliphatic heterocycles. The number of carbonyl (C=O) groups excluding carboxylic acids is 1. The standard InChI is InChI=1S/C15H11BrN2O2/c16-12-2-1-11-7-14(20-13(11)8-12)15(19)18-9-10-3-5-17-6-4-10/h1-8H,9H2,(H,18,19). The van der Waals surface area contributed by atoms with Crippen LogP contribution in [0.15, 0.2) is 57.7 Å². The molecule has 0 spiro atoms. The molecule has 0 atom stereocenters. The summed E-state index contributed by atoms with van der Waals surface area (Å²) in [6.45, 7) is 0.447. The van der Waals surface area contributed by atoms with Crippen LogP contribution in [-0.2, 0) is 6.54 Å². The van der Waals surface area contributed by atoms with Crippen LogP contribution in [0.1, 0.15) is 16.1 Å². The number of amides is 1. The van der Waals surface area contributed by atoms with E-state index in [4.69, 9.17) is 4.42 Å². The van der Waals surface area contributed by atoms with Gasteiger partial charge in [0.1, 0.15) is 5.58 Å². The molecule has 2 aromatic heterocycles. The zero-order valence-electron chi connectivity index (χ0n) is 10.5. The highest BCUT2D eigenvalue weighted by atomic mass is 79.9. The number of nitrogens with zero attached hydrogens (tertiary/aromatic N) is 1. The van der Waals surface area contributed by atoms with Gasteiger partial charge in [0, 0.05) is 28.8 Å². The number of furan rings is 1. The molecule has 20 heavy (non-hydrogen) atoms. The molecule has 1 amide bonds. The first-order chi connectivity index (χ1) is 9.72. The first kappa shape index (κ1) is 12.9. The van der Waals surface area contributed by atoms with E-state index in [0.29, 0.717) is 17.9 Å². The fraction of sp³-hybridized carbons (Fsp3) is 0.0667. The molecule has 100 valence electrons. The third-order valence-electron chi connectivity index (χ3n) is 2.91. The van der Waals surface area contributed by atoms with Crippen molar-refractivity contribution >= 4 is 32.8 Å². The Bertz CT molecular complexity index is 753. The maximum atomic E-state index is 12.0. The van der Waals surface area contributed by atoms with Gasteiger partial charge in [0.25, 0.3) is 5.91 Å². The predicted octanol–water partition coefficient (Wildman–Crippen LogP) is 3.52. The molecule has 0 aliphatic rings. The van der Waals surface area contributed by atoms with Crippen molar-refractivity contribution in [2.45, 2.75) is 6.54 Å². The van der Waals surface area contributed by atoms with Crippen LogP contribution >= 0.6 is 15.9 Å². The number of pyridine rings is 1. The minimum atomic E-state index is -0.228. The zero-order valence-corrected chi connectivity index (χ0v) is 12.1. The second-order valence-corrected chi connectivity index (χ2v) is 5.25. The van der Waals surface area contributed by atoms with Crippen molar-refractivity contribution in [1.29, 1.82) is 0 Å². The lowest BCUT2D eigenvalue weighted by Crippen LogP contribution is -2.22. The molecular weight excluding hydrogens is 320 g/mol. The molecule has 3 aromatic rings. The second-order valence-electron chi connectivity index (χ2n) is 4.33. The summed E-state index contributed by atoms with van der Waals surface area (Å²) in [7, 11) is 0. The summed E-state index contributed by atoms with van der Waals surface area (Å²) in [6, 6.07) is 11.1. The summed E-state index contributed by atoms with van der Waals surface area (Å²) in [5, 5.41) is 3.72. The van der Waals surface area contributed by atoms with E-state index in [1.54, 1.807) is 18.5 Å². The number of nitrogens with one attached hydrogen (secondary N) is 1. The number of fused-ring (bicyclic) bond motifs is 1. The number of halogens is 1. The van der Waals surface area contributed by atoms with E-state index in [9.17, 15) is 4.79 Å². The summed E-state index contributed by atoms with van der Waals surface area (Å²) < 4.78 is 6.46. The minimum absolute atomic E-state index is 0.228. The van der Waals surface area contributed by atoms with E-state index in [0.717, 1.165) is 15.4 Å². The van der Waals surface area contributed by atoms with E-state index in [1.807, 2.05) is 30.3 Å². The van der Waals surface area contributed by atoms with Crippen LogP contribution in [0, 0.1) is 0 Å². The van der Waals surface area contributed by atoms with Crippen LogP contribution < -0.4 is 5.32 Å². The van der Waals surface area contributed by atoms with Gasteiger partial charge in [0.15, 0.2) is 5.76 Å². The number of aromatic nitrogens is 1. The maximum absolute atomic E-state index is 12.0. The number of carbonyl (C=O) groups is 1. The topological polar surface area (TPSA) is 55.1 Å². The van der Waals surface area contributed by atoms with Gasteiger partial charge in [-0.05, 0) is 42.0 Å². The molecule has 0 saturated heterocycles. The number of benzene rings is 1. The van der Waals surface area contributed by atoms with E-state index < -0.39 is 0 Å². The summed E-state index contributed by atoms with van der Waals surface area (Å²) >= 11 is 3.37. The molecule has 1 aromatic carbocycles. The Morgan fingerprint density at radius 3 is 2.80 bits per heavy atom. The average Bonchev–Trinajstić information content (AvgIpc) is 2.89. The van der Waals surface area contributed by atoms with Gasteiger partial charge in [0.2, 0.25) is 0 Å². The van der Waals surface area contributed by atoms with Crippen LogP contribution in [0.25, 0.3) is 11.0 Å². The van der Waals surface area contributed by atoms with Crippen LogP contribution in [0.2, 0.25) is 0 Å². The van der Waals surface area contributed by atoms with Crippen LogP contribution in [0.3, 0.4) is 0 Å². The highest BCUT2D eigenvalue weighted by molar-refractivity contribution is 9.10. The van der Waals surface area contributed by atoms with Gasteiger partial charge in [0.05, 0.1) is 0 Å². The second kappa shape index (κ2) is 5.46. The summed E-state index contributed by atoms with van der Waals surface area (Å²) in [4.78, 5) is 16.0. The third kappa shape index (κ3) is 2.72. The molecule has 0 saturated carbocycles. The maximum Gasteiger partial charge on any atom is 0.287 e. The molecule has 0 radical (unpaired) electrons. The largest absolute Gasteiger partial charge is 0.451 e. The van der Waals surface area contributed by atoms with Crippen molar-refractivity contribution in [1.82, 2.24) is 10.3 Å². The smallest absolute Gasteiger partial charge is 0.287 e. The molecule has 0 fully saturated rings. The Hall–Kier alpha value is -2.14. The molecule has 4 nitrogen and oxygen atoms in total. The summed E-state index contributed by atoms with van der Waals surface area (Å²) in [5.41, 5.74) is 1.68. The van der Waals surface area contributed by atoms with Crippen molar-refractivity contribution in [2.75, 3.05) is 0 Å². The summed E-state index contributed by atoms with van der Waals surface area (Å²) in [6.07, 6.45) is 3.39. The SMILES string of the molecule is O=C(NCc1ccncc1)c1cc2ccc(Br)cc2o1. The lowest BCUT2D eigenvalue weighted by Gasteiger charge is -2.02. The lowest BCUT2D eigenvalue weighted by molar-refractivity contribution is 0.0925. The fourth-order valence-corrected chi connectivity index (χ4v) is 2.23. The predicted molar refractivity (Wildman–Crippen MR) is 79.3 cm³/mol. The lowest BCUT2D eigenvalue weighted by atomic mass is 10.2. The van der Waals surface area contributed by atoms with Gasteiger partial charge in [-0.25, -0.2) is 0 Å². The first-order valence-electron chi connectivity index (χ1n) is 6.08. The number of rotatable bonds is 3. The molecular formula is C15H11BrN2O2. The van der Waals surface area contributed by atoms with Gasteiger partial charge in [-0.2, -0.15) is 0 Å². The molecule has 1 N–H and O–H groups in total. The van der Waals surface area contributed by atoms with E-state index in [1.165, 1.54) is 0 Å². The molecule has 0 bridgehead atoms. The third-order valence-corrected chi connectivity index (χ3v) is 3.40. The quantitative estimate of drug-likeness (QED) is 0.799. The number of hydrogen-bond donors (Lipinski definition) is 1. The molecule has 2 heterocycles. The van der Waals surface area contributed by atoms with Crippen LogP contribution in [0.4, 0.5) is 0 Å². The Balaban J connectivity index is 1.75. The van der Waals surface area contributed by atoms with Crippen molar-refractivity contribution in [2.24, 2.45) is 0 Å². The number of hydrogen-bond acceptors (Lipinski definition) is 3. The Labute approximate surface area is 123 Å². The minimum Gasteiger partial charge on any atom is -0.451 e. The van der Waals surface area contributed by atoms with Crippen molar-refractivity contribution in [3.8, 4) is 0 Å². The van der Waals surface area contributed by atoms with Crippen LogP contribution in [-0.4, -0.2) is 10.9 Å². The fourth-order valence-electron chi connectivity index (χ4n) is 1.89.